The standard InChI is InChI=1S/C20H33N3O3S2/c1-18(2,3)19(12-22-17(26)20(16(21)25)6-4-7-20)8-9-23(13-19)14(24)15-27-10-5-11-28-15/h15H,4-13H2,1-3H3,(H2,21,25)(H,22,26). The largest absolute Gasteiger partial charge is 0.369 e. The molecule has 3 amide bonds. The van der Waals surface area contributed by atoms with E-state index in [1.807, 2.05) is 4.90 Å². The van der Waals surface area contributed by atoms with Crippen LogP contribution in [0.2, 0.25) is 0 Å². The molecule has 3 fully saturated rings. The van der Waals surface area contributed by atoms with Gasteiger partial charge in [-0.1, -0.05) is 27.2 Å². The summed E-state index contributed by atoms with van der Waals surface area (Å²) >= 11 is 3.50. The van der Waals surface area contributed by atoms with Crippen molar-refractivity contribution in [3.63, 3.8) is 0 Å². The van der Waals surface area contributed by atoms with E-state index in [-0.39, 0.29) is 27.2 Å². The van der Waals surface area contributed by atoms with Crippen molar-refractivity contribution in [3.8, 4) is 0 Å². The molecule has 0 spiro atoms. The van der Waals surface area contributed by atoms with Crippen LogP contribution in [0.15, 0.2) is 0 Å². The van der Waals surface area contributed by atoms with Crippen molar-refractivity contribution in [2.24, 2.45) is 22.0 Å². The Balaban J connectivity index is 1.68. The summed E-state index contributed by atoms with van der Waals surface area (Å²) in [7, 11) is 0. The first-order chi connectivity index (χ1) is 13.1. The number of likely N-dealkylation sites (tertiary alicyclic amines) is 1. The Hall–Kier alpha value is -0.890. The Bertz CT molecular complexity index is 639. The normalized spacial score (nSPS) is 27.9. The molecule has 0 radical (unpaired) electrons. The second kappa shape index (κ2) is 8.09. The predicted octanol–water partition coefficient (Wildman–Crippen LogP) is 2.22. The Kier molecular flexibility index (Phi) is 6.30. The molecule has 28 heavy (non-hydrogen) atoms. The summed E-state index contributed by atoms with van der Waals surface area (Å²) < 4.78 is 0.00668. The molecule has 0 aromatic rings. The highest BCUT2D eigenvalue weighted by atomic mass is 32.2. The van der Waals surface area contributed by atoms with Crippen LogP contribution in [-0.4, -0.2) is 58.3 Å². The van der Waals surface area contributed by atoms with E-state index in [1.165, 1.54) is 6.42 Å². The van der Waals surface area contributed by atoms with Gasteiger partial charge in [-0.3, -0.25) is 14.4 Å². The smallest absolute Gasteiger partial charge is 0.245 e. The van der Waals surface area contributed by atoms with Gasteiger partial charge in [-0.25, -0.2) is 0 Å². The Labute approximate surface area is 176 Å². The second-order valence-corrected chi connectivity index (χ2v) is 12.2. The summed E-state index contributed by atoms with van der Waals surface area (Å²) in [5, 5.41) is 3.05. The monoisotopic (exact) mass is 427 g/mol. The number of nitrogens with two attached hydrogens (primary N) is 1. The zero-order chi connectivity index (χ0) is 20.6. The fourth-order valence-corrected chi connectivity index (χ4v) is 7.17. The van der Waals surface area contributed by atoms with Gasteiger partial charge in [-0.15, -0.1) is 23.5 Å². The van der Waals surface area contributed by atoms with E-state index in [9.17, 15) is 14.4 Å². The molecule has 3 N–H and O–H groups in total. The average molecular weight is 428 g/mol. The van der Waals surface area contributed by atoms with Crippen LogP contribution in [0.1, 0.15) is 52.9 Å². The van der Waals surface area contributed by atoms with Crippen LogP contribution in [-0.2, 0) is 14.4 Å². The van der Waals surface area contributed by atoms with Gasteiger partial charge in [0.2, 0.25) is 17.7 Å². The number of carbonyl (C=O) groups excluding carboxylic acids is 3. The molecule has 0 bridgehead atoms. The molecule has 6 nitrogen and oxygen atoms in total. The van der Waals surface area contributed by atoms with Crippen molar-refractivity contribution in [3.05, 3.63) is 0 Å². The number of carbonyl (C=O) groups is 3. The maximum atomic E-state index is 13.0. The summed E-state index contributed by atoms with van der Waals surface area (Å²) in [6.07, 6.45) is 3.96. The van der Waals surface area contributed by atoms with E-state index in [0.29, 0.717) is 25.9 Å². The van der Waals surface area contributed by atoms with Crippen LogP contribution in [0, 0.1) is 16.2 Å². The highest BCUT2D eigenvalue weighted by Crippen LogP contribution is 2.47. The first-order valence-electron chi connectivity index (χ1n) is 10.2. The molecule has 3 aliphatic rings. The van der Waals surface area contributed by atoms with Gasteiger partial charge in [-0.2, -0.15) is 0 Å². The van der Waals surface area contributed by atoms with Gasteiger partial charge in [0.05, 0.1) is 0 Å². The number of hydrogen-bond acceptors (Lipinski definition) is 5. The first kappa shape index (κ1) is 21.8. The van der Waals surface area contributed by atoms with Crippen molar-refractivity contribution in [1.82, 2.24) is 10.2 Å². The number of primary amides is 1. The molecular weight excluding hydrogens is 394 g/mol. The highest BCUT2D eigenvalue weighted by molar-refractivity contribution is 8.18. The van der Waals surface area contributed by atoms with Crippen LogP contribution < -0.4 is 11.1 Å². The van der Waals surface area contributed by atoms with Crippen molar-refractivity contribution in [1.29, 1.82) is 0 Å². The Morgan fingerprint density at radius 3 is 2.25 bits per heavy atom. The predicted molar refractivity (Wildman–Crippen MR) is 115 cm³/mol. The van der Waals surface area contributed by atoms with Crippen molar-refractivity contribution >= 4 is 41.2 Å². The third kappa shape index (κ3) is 3.91. The Morgan fingerprint density at radius 1 is 1.11 bits per heavy atom. The van der Waals surface area contributed by atoms with Gasteiger partial charge in [0.15, 0.2) is 0 Å². The number of nitrogens with one attached hydrogen (secondary N) is 1. The summed E-state index contributed by atoms with van der Waals surface area (Å²) in [5.41, 5.74) is 4.21. The molecule has 1 saturated carbocycles. The minimum atomic E-state index is -1.03. The number of rotatable bonds is 5. The lowest BCUT2D eigenvalue weighted by molar-refractivity contribution is -0.148. The topological polar surface area (TPSA) is 92.5 Å². The van der Waals surface area contributed by atoms with Crippen molar-refractivity contribution < 1.29 is 14.4 Å². The molecule has 1 aliphatic carbocycles. The number of thioether (sulfide) groups is 2. The lowest BCUT2D eigenvalue weighted by Crippen LogP contribution is -2.57. The van der Waals surface area contributed by atoms with E-state index < -0.39 is 11.3 Å². The van der Waals surface area contributed by atoms with Crippen molar-refractivity contribution in [2.75, 3.05) is 31.1 Å². The molecule has 2 saturated heterocycles. The summed E-state index contributed by atoms with van der Waals surface area (Å²) in [6.45, 7) is 8.36. The van der Waals surface area contributed by atoms with Crippen LogP contribution in [0.25, 0.3) is 0 Å². The zero-order valence-corrected chi connectivity index (χ0v) is 18.8. The molecular formula is C20H33N3O3S2. The van der Waals surface area contributed by atoms with Gasteiger partial charge >= 0.3 is 0 Å². The summed E-state index contributed by atoms with van der Waals surface area (Å²) in [5.74, 6) is 1.56. The molecule has 158 valence electrons. The Morgan fingerprint density at radius 2 is 1.75 bits per heavy atom. The maximum Gasteiger partial charge on any atom is 0.245 e. The lowest BCUT2D eigenvalue weighted by atomic mass is 9.64. The molecule has 1 unspecified atom stereocenters. The highest BCUT2D eigenvalue weighted by Gasteiger charge is 2.52. The molecule has 2 heterocycles. The first-order valence-corrected chi connectivity index (χ1v) is 12.3. The third-order valence-corrected chi connectivity index (χ3v) is 9.86. The zero-order valence-electron chi connectivity index (χ0n) is 17.2. The van der Waals surface area contributed by atoms with Crippen LogP contribution in [0.4, 0.5) is 0 Å². The fourth-order valence-electron chi connectivity index (χ4n) is 4.40. The van der Waals surface area contributed by atoms with Crippen LogP contribution in [0.3, 0.4) is 0 Å². The van der Waals surface area contributed by atoms with Gasteiger partial charge in [-0.05, 0) is 42.6 Å². The van der Waals surface area contributed by atoms with Gasteiger partial charge < -0.3 is 16.0 Å². The molecule has 1 atom stereocenters. The molecule has 3 rings (SSSR count). The van der Waals surface area contributed by atoms with E-state index in [4.69, 9.17) is 5.73 Å². The van der Waals surface area contributed by atoms with Gasteiger partial charge in [0, 0.05) is 25.0 Å². The minimum absolute atomic E-state index is 0.00668. The molecule has 2 aliphatic heterocycles. The second-order valence-electron chi connectivity index (χ2n) is 9.45. The average Bonchev–Trinajstić information content (AvgIpc) is 3.04. The third-order valence-electron chi connectivity index (χ3n) is 6.99. The molecule has 0 aromatic heterocycles. The van der Waals surface area contributed by atoms with Gasteiger partial charge in [0.25, 0.3) is 0 Å². The molecule has 0 aromatic carbocycles. The van der Waals surface area contributed by atoms with Crippen LogP contribution >= 0.6 is 23.5 Å². The van der Waals surface area contributed by atoms with E-state index in [2.05, 4.69) is 26.1 Å². The van der Waals surface area contributed by atoms with Gasteiger partial charge in [0.1, 0.15) is 10.00 Å². The number of amides is 3. The summed E-state index contributed by atoms with van der Waals surface area (Å²) in [6, 6.07) is 0. The van der Waals surface area contributed by atoms with E-state index in [1.54, 1.807) is 23.5 Å². The number of nitrogens with zero attached hydrogens (tertiary/aromatic N) is 1. The maximum absolute atomic E-state index is 13.0. The van der Waals surface area contributed by atoms with E-state index >= 15 is 0 Å². The van der Waals surface area contributed by atoms with E-state index in [0.717, 1.165) is 30.9 Å². The summed E-state index contributed by atoms with van der Waals surface area (Å²) in [4.78, 5) is 39.6. The van der Waals surface area contributed by atoms with Crippen molar-refractivity contribution in [2.45, 2.75) is 57.5 Å². The number of hydrogen-bond donors (Lipinski definition) is 2. The lowest BCUT2D eigenvalue weighted by Gasteiger charge is -2.44. The van der Waals surface area contributed by atoms with Crippen LogP contribution in [0.5, 0.6) is 0 Å². The quantitative estimate of drug-likeness (QED) is 0.656. The fraction of sp³-hybridized carbons (Fsp3) is 0.850. The minimum Gasteiger partial charge on any atom is -0.369 e. The molecule has 8 heteroatoms. The SMILES string of the molecule is CC(C)(C)C1(CNC(=O)C2(C(N)=O)CCC2)CCN(C(=O)C2SCCCS2)C1.